The van der Waals surface area contributed by atoms with Gasteiger partial charge in [-0.2, -0.15) is 0 Å². The first-order chi connectivity index (χ1) is 19.4. The largest absolute Gasteiger partial charge is 0.507 e. The molecule has 0 aliphatic carbocycles. The fourth-order valence-electron chi connectivity index (χ4n) is 4.09. The summed E-state index contributed by atoms with van der Waals surface area (Å²) in [6.45, 7) is 3.98. The number of aliphatic hydroxyl groups excluding tert-OH is 1. The maximum absolute atomic E-state index is 13.4. The Balaban J connectivity index is 1.52. The van der Waals surface area contributed by atoms with Crippen LogP contribution in [-0.2, 0) is 15.3 Å². The predicted octanol–water partition coefficient (Wildman–Crippen LogP) is 7.33. The third-order valence-corrected chi connectivity index (χ3v) is 8.63. The molecule has 1 unspecified atom stereocenters. The number of hydrogen-bond donors (Lipinski definition) is 1. The summed E-state index contributed by atoms with van der Waals surface area (Å²) in [5, 5.41) is 21.1. The second kappa shape index (κ2) is 12.3. The van der Waals surface area contributed by atoms with Gasteiger partial charge in [-0.15, -0.1) is 10.2 Å². The summed E-state index contributed by atoms with van der Waals surface area (Å²) >= 11 is 14.6. The average molecular weight is 611 g/mol. The Morgan fingerprint density at radius 3 is 2.30 bits per heavy atom. The van der Waals surface area contributed by atoms with Gasteiger partial charge in [0, 0.05) is 21.4 Å². The van der Waals surface area contributed by atoms with Crippen molar-refractivity contribution in [3.8, 4) is 5.75 Å². The molecule has 11 heteroatoms. The highest BCUT2D eigenvalue weighted by Gasteiger charge is 2.48. The van der Waals surface area contributed by atoms with E-state index >= 15 is 0 Å². The van der Waals surface area contributed by atoms with Gasteiger partial charge >= 0.3 is 5.91 Å². The highest BCUT2D eigenvalue weighted by atomic mass is 35.5. The third kappa shape index (κ3) is 5.93. The quantitative estimate of drug-likeness (QED) is 0.0530. The maximum Gasteiger partial charge on any atom is 0.301 e. The molecular weight excluding hydrogens is 589 g/mol. The van der Waals surface area contributed by atoms with Gasteiger partial charge in [0.1, 0.15) is 18.1 Å². The molecule has 1 N–H and O–H groups in total. The SMILES string of the molecule is C=CCOc1ccc(C2/C(=C(/O)c3ccc(Cl)cc3)C(=O)C(=O)N2c2nnc(SCc3ccc(Cl)cc3)s2)cc1. The minimum absolute atomic E-state index is 0.0577. The van der Waals surface area contributed by atoms with Crippen molar-refractivity contribution in [2.45, 2.75) is 16.1 Å². The first kappa shape index (κ1) is 27.9. The van der Waals surface area contributed by atoms with Crippen molar-refractivity contribution in [2.24, 2.45) is 0 Å². The average Bonchev–Trinajstić information content (AvgIpc) is 3.54. The molecule has 7 nitrogen and oxygen atoms in total. The van der Waals surface area contributed by atoms with E-state index < -0.39 is 17.7 Å². The van der Waals surface area contributed by atoms with Gasteiger partial charge in [-0.3, -0.25) is 14.5 Å². The van der Waals surface area contributed by atoms with Crippen LogP contribution in [0.1, 0.15) is 22.7 Å². The number of anilines is 1. The van der Waals surface area contributed by atoms with E-state index in [4.69, 9.17) is 27.9 Å². The van der Waals surface area contributed by atoms with E-state index in [1.807, 2.05) is 24.3 Å². The summed E-state index contributed by atoms with van der Waals surface area (Å²) in [6, 6.07) is 19.9. The van der Waals surface area contributed by atoms with Crippen LogP contribution in [0.5, 0.6) is 5.75 Å². The Morgan fingerprint density at radius 1 is 1.00 bits per heavy atom. The van der Waals surface area contributed by atoms with Gasteiger partial charge in [-0.25, -0.2) is 0 Å². The molecule has 1 atom stereocenters. The summed E-state index contributed by atoms with van der Waals surface area (Å²) in [5.41, 5.74) is 1.94. The minimum Gasteiger partial charge on any atom is -0.507 e. The van der Waals surface area contributed by atoms with Gasteiger partial charge < -0.3 is 9.84 Å². The van der Waals surface area contributed by atoms with Crippen molar-refractivity contribution < 1.29 is 19.4 Å². The molecule has 3 aromatic carbocycles. The van der Waals surface area contributed by atoms with Crippen molar-refractivity contribution in [3.05, 3.63) is 118 Å². The zero-order valence-electron chi connectivity index (χ0n) is 20.8. The Kier molecular flexibility index (Phi) is 8.56. The summed E-state index contributed by atoms with van der Waals surface area (Å²) in [5.74, 6) is -0.726. The maximum atomic E-state index is 13.4. The first-order valence-electron chi connectivity index (χ1n) is 12.0. The number of amides is 1. The van der Waals surface area contributed by atoms with Crippen molar-refractivity contribution in [2.75, 3.05) is 11.5 Å². The number of nitrogens with zero attached hydrogens (tertiary/aromatic N) is 3. The molecule has 2 heterocycles. The second-order valence-corrected chi connectivity index (χ2v) is 11.7. The molecule has 5 rings (SSSR count). The van der Waals surface area contributed by atoms with Gasteiger partial charge in [-0.05, 0) is 59.7 Å². The Hall–Kier alpha value is -3.63. The molecule has 40 heavy (non-hydrogen) atoms. The van der Waals surface area contributed by atoms with E-state index in [0.717, 1.165) is 5.56 Å². The van der Waals surface area contributed by atoms with Gasteiger partial charge in [0.05, 0.1) is 11.6 Å². The number of rotatable bonds is 9. The monoisotopic (exact) mass is 609 g/mol. The van der Waals surface area contributed by atoms with E-state index in [9.17, 15) is 14.7 Å². The van der Waals surface area contributed by atoms with Gasteiger partial charge in [0.2, 0.25) is 5.13 Å². The van der Waals surface area contributed by atoms with Crippen LogP contribution in [0.3, 0.4) is 0 Å². The molecule has 0 saturated carbocycles. The number of Topliss-reactive ketones (excluding diaryl/α,β-unsaturated/α-hetero) is 1. The lowest BCUT2D eigenvalue weighted by Gasteiger charge is -2.22. The molecule has 1 amide bonds. The Morgan fingerprint density at radius 2 is 1.65 bits per heavy atom. The highest BCUT2D eigenvalue weighted by molar-refractivity contribution is 8.00. The smallest absolute Gasteiger partial charge is 0.301 e. The standard InChI is InChI=1S/C29H21Cl2N3O4S2/c1-2-15-38-22-13-7-18(8-14-22)24-23(25(35)19-5-11-21(31)12-6-19)26(36)27(37)34(24)28-32-33-29(40-28)39-16-17-3-9-20(30)10-4-17/h2-14,24,35H,1,15-16H2/b25-23-. The van der Waals surface area contributed by atoms with E-state index in [1.165, 1.54) is 28.0 Å². The molecule has 202 valence electrons. The van der Waals surface area contributed by atoms with Crippen molar-refractivity contribution >= 4 is 68.9 Å². The first-order valence-corrected chi connectivity index (χ1v) is 14.5. The number of thioether (sulfide) groups is 1. The molecule has 0 radical (unpaired) electrons. The fourth-order valence-corrected chi connectivity index (χ4v) is 6.17. The van der Waals surface area contributed by atoms with Crippen molar-refractivity contribution in [1.29, 1.82) is 0 Å². The zero-order chi connectivity index (χ0) is 28.2. The Bertz CT molecular complexity index is 1590. The molecule has 0 spiro atoms. The number of ketones is 1. The van der Waals surface area contributed by atoms with E-state index in [1.54, 1.807) is 54.6 Å². The second-order valence-electron chi connectivity index (χ2n) is 8.61. The van der Waals surface area contributed by atoms with Crippen LogP contribution in [0.15, 0.2) is 95.4 Å². The number of aliphatic hydroxyl groups is 1. The van der Waals surface area contributed by atoms with Crippen LogP contribution in [-0.4, -0.2) is 33.6 Å². The summed E-state index contributed by atoms with van der Waals surface area (Å²) in [6.07, 6.45) is 1.63. The number of halogens is 2. The highest BCUT2D eigenvalue weighted by Crippen LogP contribution is 2.44. The lowest BCUT2D eigenvalue weighted by Crippen LogP contribution is -2.29. The molecule has 1 aliphatic rings. The molecule has 1 fully saturated rings. The summed E-state index contributed by atoms with van der Waals surface area (Å²) in [4.78, 5) is 28.1. The molecule has 1 aliphatic heterocycles. The van der Waals surface area contributed by atoms with Crippen LogP contribution in [0.25, 0.3) is 5.76 Å². The van der Waals surface area contributed by atoms with Crippen LogP contribution >= 0.6 is 46.3 Å². The van der Waals surface area contributed by atoms with E-state index in [2.05, 4.69) is 16.8 Å². The molecule has 0 bridgehead atoms. The topological polar surface area (TPSA) is 92.6 Å². The molecule has 1 saturated heterocycles. The fraction of sp³-hybridized carbons (Fsp3) is 0.103. The number of hydrogen-bond acceptors (Lipinski definition) is 8. The van der Waals surface area contributed by atoms with Gasteiger partial charge in [0.25, 0.3) is 5.78 Å². The predicted molar refractivity (Wildman–Crippen MR) is 159 cm³/mol. The number of benzene rings is 3. The molecule has 1 aromatic heterocycles. The summed E-state index contributed by atoms with van der Waals surface area (Å²) < 4.78 is 6.21. The molecule has 4 aromatic rings. The van der Waals surface area contributed by atoms with E-state index in [-0.39, 0.29) is 16.5 Å². The van der Waals surface area contributed by atoms with Gasteiger partial charge in [-0.1, -0.05) is 83.2 Å². The minimum atomic E-state index is -0.939. The van der Waals surface area contributed by atoms with Crippen LogP contribution in [0, 0.1) is 0 Å². The van der Waals surface area contributed by atoms with Crippen LogP contribution in [0.2, 0.25) is 10.0 Å². The van der Waals surface area contributed by atoms with E-state index in [0.29, 0.717) is 43.6 Å². The lowest BCUT2D eigenvalue weighted by molar-refractivity contribution is -0.132. The number of aromatic nitrogens is 2. The normalized spacial score (nSPS) is 16.4. The van der Waals surface area contributed by atoms with Crippen molar-refractivity contribution in [1.82, 2.24) is 10.2 Å². The Labute approximate surface area is 248 Å². The number of carbonyl (C=O) groups excluding carboxylic acids is 2. The van der Waals surface area contributed by atoms with Crippen LogP contribution in [0.4, 0.5) is 5.13 Å². The lowest BCUT2D eigenvalue weighted by atomic mass is 9.95. The zero-order valence-corrected chi connectivity index (χ0v) is 23.9. The van der Waals surface area contributed by atoms with Gasteiger partial charge in [0.15, 0.2) is 4.34 Å². The number of ether oxygens (including phenoxy) is 1. The third-order valence-electron chi connectivity index (χ3n) is 6.00. The molecular formula is C29H21Cl2N3O4S2. The summed E-state index contributed by atoms with van der Waals surface area (Å²) in [7, 11) is 0. The van der Waals surface area contributed by atoms with Crippen molar-refractivity contribution in [3.63, 3.8) is 0 Å². The van der Waals surface area contributed by atoms with Crippen LogP contribution < -0.4 is 9.64 Å². The number of carbonyl (C=O) groups is 2.